The standard InChI is InChI=1S/C20H30ClNO/c1-3-5-15-22(16-6-4-2)20(13-11-19(23)12-14-20)17-7-9-18(21)10-8-17/h7-10H,3-6,11-16H2,1-2H3. The van der Waals surface area contributed by atoms with E-state index in [4.69, 9.17) is 11.6 Å². The van der Waals surface area contributed by atoms with Crippen molar-refractivity contribution >= 4 is 17.4 Å². The van der Waals surface area contributed by atoms with Crippen molar-refractivity contribution in [2.24, 2.45) is 0 Å². The highest BCUT2D eigenvalue weighted by Crippen LogP contribution is 2.42. The monoisotopic (exact) mass is 335 g/mol. The molecule has 0 amide bonds. The average Bonchev–Trinajstić information content (AvgIpc) is 2.57. The van der Waals surface area contributed by atoms with Gasteiger partial charge in [0.1, 0.15) is 5.78 Å². The molecule has 0 heterocycles. The lowest BCUT2D eigenvalue weighted by Crippen LogP contribution is -2.49. The van der Waals surface area contributed by atoms with Crippen LogP contribution >= 0.6 is 11.6 Å². The molecule has 1 aliphatic rings. The van der Waals surface area contributed by atoms with E-state index in [0.717, 1.165) is 31.0 Å². The molecule has 23 heavy (non-hydrogen) atoms. The molecule has 2 rings (SSSR count). The third-order valence-corrected chi connectivity index (χ3v) is 5.44. The zero-order chi connectivity index (χ0) is 16.7. The van der Waals surface area contributed by atoms with Crippen LogP contribution in [0.2, 0.25) is 5.02 Å². The molecule has 0 saturated heterocycles. The Morgan fingerprint density at radius 3 is 2.00 bits per heavy atom. The van der Waals surface area contributed by atoms with Gasteiger partial charge in [-0.15, -0.1) is 0 Å². The van der Waals surface area contributed by atoms with Crippen LogP contribution in [0, 0.1) is 0 Å². The van der Waals surface area contributed by atoms with Crippen molar-refractivity contribution in [2.45, 2.75) is 70.8 Å². The molecule has 0 radical (unpaired) electrons. The number of carbonyl (C=O) groups is 1. The van der Waals surface area contributed by atoms with Crippen LogP contribution in [-0.2, 0) is 10.3 Å². The van der Waals surface area contributed by atoms with Crippen molar-refractivity contribution < 1.29 is 4.79 Å². The molecule has 0 N–H and O–H groups in total. The molecule has 0 unspecified atom stereocenters. The number of unbranched alkanes of at least 4 members (excludes halogenated alkanes) is 2. The maximum Gasteiger partial charge on any atom is 0.133 e. The second-order valence-electron chi connectivity index (χ2n) is 6.77. The topological polar surface area (TPSA) is 20.3 Å². The zero-order valence-electron chi connectivity index (χ0n) is 14.6. The first-order valence-electron chi connectivity index (χ1n) is 9.15. The minimum atomic E-state index is 0.0167. The molecule has 1 aromatic rings. The van der Waals surface area contributed by atoms with E-state index in [1.165, 1.54) is 31.2 Å². The van der Waals surface area contributed by atoms with Gasteiger partial charge < -0.3 is 0 Å². The molecule has 0 aliphatic heterocycles. The van der Waals surface area contributed by atoms with Crippen LogP contribution in [0.15, 0.2) is 24.3 Å². The lowest BCUT2D eigenvalue weighted by atomic mass is 9.74. The fourth-order valence-corrected chi connectivity index (χ4v) is 3.85. The number of carbonyl (C=O) groups excluding carboxylic acids is 1. The molecule has 0 aromatic heterocycles. The maximum atomic E-state index is 11.8. The van der Waals surface area contributed by atoms with Gasteiger partial charge >= 0.3 is 0 Å². The summed E-state index contributed by atoms with van der Waals surface area (Å²) in [5, 5.41) is 0.782. The normalized spacial score (nSPS) is 17.7. The molecule has 128 valence electrons. The van der Waals surface area contributed by atoms with Crippen molar-refractivity contribution in [3.05, 3.63) is 34.9 Å². The Morgan fingerprint density at radius 1 is 1.00 bits per heavy atom. The summed E-state index contributed by atoms with van der Waals surface area (Å²) >= 11 is 6.10. The summed E-state index contributed by atoms with van der Waals surface area (Å²) in [6, 6.07) is 8.33. The summed E-state index contributed by atoms with van der Waals surface area (Å²) in [4.78, 5) is 14.5. The van der Waals surface area contributed by atoms with Gasteiger partial charge in [-0.25, -0.2) is 0 Å². The molecular formula is C20H30ClNO. The lowest BCUT2D eigenvalue weighted by Gasteiger charge is -2.47. The van der Waals surface area contributed by atoms with Gasteiger partial charge in [0, 0.05) is 23.4 Å². The Hall–Kier alpha value is -0.860. The van der Waals surface area contributed by atoms with E-state index >= 15 is 0 Å². The number of nitrogens with zero attached hydrogens (tertiary/aromatic N) is 1. The number of benzene rings is 1. The molecule has 0 bridgehead atoms. The second-order valence-corrected chi connectivity index (χ2v) is 7.21. The third-order valence-electron chi connectivity index (χ3n) is 5.18. The van der Waals surface area contributed by atoms with Crippen LogP contribution in [0.5, 0.6) is 0 Å². The SMILES string of the molecule is CCCCN(CCCC)C1(c2ccc(Cl)cc2)CCC(=O)CC1. The Balaban J connectivity index is 2.33. The molecule has 0 atom stereocenters. The van der Waals surface area contributed by atoms with Crippen LogP contribution < -0.4 is 0 Å². The summed E-state index contributed by atoms with van der Waals surface area (Å²) < 4.78 is 0. The average molecular weight is 336 g/mol. The number of Topliss-reactive ketones (excluding diaryl/α,β-unsaturated/α-hetero) is 1. The largest absolute Gasteiger partial charge is 0.300 e. The van der Waals surface area contributed by atoms with Gasteiger partial charge in [0.05, 0.1) is 0 Å². The predicted octanol–water partition coefficient (Wildman–Crippen LogP) is 5.58. The number of halogens is 1. The minimum Gasteiger partial charge on any atom is -0.300 e. The van der Waals surface area contributed by atoms with Crippen LogP contribution in [-0.4, -0.2) is 23.8 Å². The molecule has 2 nitrogen and oxygen atoms in total. The molecule has 1 aromatic carbocycles. The smallest absolute Gasteiger partial charge is 0.133 e. The van der Waals surface area contributed by atoms with E-state index in [1.807, 2.05) is 12.1 Å². The molecule has 0 spiro atoms. The van der Waals surface area contributed by atoms with Gasteiger partial charge in [-0.3, -0.25) is 9.69 Å². The van der Waals surface area contributed by atoms with Crippen LogP contribution in [0.1, 0.15) is 70.8 Å². The summed E-state index contributed by atoms with van der Waals surface area (Å²) in [6.07, 6.45) is 8.15. The van der Waals surface area contributed by atoms with Gasteiger partial charge in [-0.05, 0) is 56.5 Å². The highest BCUT2D eigenvalue weighted by atomic mass is 35.5. The first-order valence-corrected chi connectivity index (χ1v) is 9.53. The van der Waals surface area contributed by atoms with E-state index in [0.29, 0.717) is 18.6 Å². The number of ketones is 1. The molecular weight excluding hydrogens is 306 g/mol. The van der Waals surface area contributed by atoms with E-state index < -0.39 is 0 Å². The summed E-state index contributed by atoms with van der Waals surface area (Å²) in [6.45, 7) is 6.73. The Morgan fingerprint density at radius 2 is 1.52 bits per heavy atom. The fourth-order valence-electron chi connectivity index (χ4n) is 3.73. The Kier molecular flexibility index (Phi) is 7.10. The Bertz CT molecular complexity index is 479. The molecule has 3 heteroatoms. The van der Waals surface area contributed by atoms with Crippen molar-refractivity contribution in [3.8, 4) is 0 Å². The zero-order valence-corrected chi connectivity index (χ0v) is 15.4. The van der Waals surface area contributed by atoms with Gasteiger partial charge in [0.15, 0.2) is 0 Å². The predicted molar refractivity (Wildman–Crippen MR) is 98.0 cm³/mol. The van der Waals surface area contributed by atoms with Crippen molar-refractivity contribution in [1.29, 1.82) is 0 Å². The summed E-state index contributed by atoms with van der Waals surface area (Å²) in [5.74, 6) is 0.417. The lowest BCUT2D eigenvalue weighted by molar-refractivity contribution is -0.123. The number of hydrogen-bond acceptors (Lipinski definition) is 2. The quantitative estimate of drug-likeness (QED) is 0.618. The minimum absolute atomic E-state index is 0.0167. The van der Waals surface area contributed by atoms with E-state index in [2.05, 4.69) is 30.9 Å². The van der Waals surface area contributed by atoms with Crippen LogP contribution in [0.3, 0.4) is 0 Å². The first-order chi connectivity index (χ1) is 11.1. The van der Waals surface area contributed by atoms with Crippen LogP contribution in [0.25, 0.3) is 0 Å². The Labute approximate surface area is 146 Å². The third kappa shape index (κ3) is 4.58. The van der Waals surface area contributed by atoms with Crippen molar-refractivity contribution in [3.63, 3.8) is 0 Å². The van der Waals surface area contributed by atoms with Gasteiger partial charge in [-0.1, -0.05) is 50.4 Å². The van der Waals surface area contributed by atoms with E-state index in [1.54, 1.807) is 0 Å². The van der Waals surface area contributed by atoms with Crippen molar-refractivity contribution in [2.75, 3.05) is 13.1 Å². The number of rotatable bonds is 8. The summed E-state index contributed by atoms with van der Waals surface area (Å²) in [5.41, 5.74) is 1.35. The number of hydrogen-bond donors (Lipinski definition) is 0. The van der Waals surface area contributed by atoms with Crippen LogP contribution in [0.4, 0.5) is 0 Å². The highest BCUT2D eigenvalue weighted by Gasteiger charge is 2.40. The van der Waals surface area contributed by atoms with E-state index in [-0.39, 0.29) is 5.54 Å². The first kappa shape index (κ1) is 18.5. The van der Waals surface area contributed by atoms with Crippen molar-refractivity contribution in [1.82, 2.24) is 4.90 Å². The maximum absolute atomic E-state index is 11.8. The second kappa shape index (κ2) is 8.84. The van der Waals surface area contributed by atoms with Gasteiger partial charge in [0.2, 0.25) is 0 Å². The van der Waals surface area contributed by atoms with Gasteiger partial charge in [-0.2, -0.15) is 0 Å². The van der Waals surface area contributed by atoms with Gasteiger partial charge in [0.25, 0.3) is 0 Å². The molecule has 1 aliphatic carbocycles. The molecule has 1 saturated carbocycles. The highest BCUT2D eigenvalue weighted by molar-refractivity contribution is 6.30. The fraction of sp³-hybridized carbons (Fsp3) is 0.650. The molecule has 1 fully saturated rings. The van der Waals surface area contributed by atoms with E-state index in [9.17, 15) is 4.79 Å². The summed E-state index contributed by atoms with van der Waals surface area (Å²) in [7, 11) is 0.